The molecule has 0 bridgehead atoms. The van der Waals surface area contributed by atoms with E-state index in [-0.39, 0.29) is 36.1 Å². The average molecular weight is 518 g/mol. The molecule has 0 aromatic heterocycles. The number of halogens is 1. The average Bonchev–Trinajstić information content (AvgIpc) is 3.08. The first-order valence-corrected chi connectivity index (χ1v) is 10.0. The van der Waals surface area contributed by atoms with E-state index in [4.69, 9.17) is 9.47 Å². The summed E-state index contributed by atoms with van der Waals surface area (Å²) in [6.07, 6.45) is 0.504. The Morgan fingerprint density at radius 2 is 2.00 bits per heavy atom. The van der Waals surface area contributed by atoms with Gasteiger partial charge in [-0.1, -0.05) is 30.3 Å². The highest BCUT2D eigenvalue weighted by atomic mass is 127. The molecule has 0 aliphatic carbocycles. The maximum absolute atomic E-state index is 12.0. The molecule has 8 heteroatoms. The Hall–Kier alpha value is -1.55. The maximum atomic E-state index is 12.0. The van der Waals surface area contributed by atoms with Gasteiger partial charge in [0.15, 0.2) is 5.96 Å². The van der Waals surface area contributed by atoms with Crippen molar-refractivity contribution in [1.29, 1.82) is 0 Å². The summed E-state index contributed by atoms with van der Waals surface area (Å²) in [6, 6.07) is 10.2. The zero-order chi connectivity index (χ0) is 20.4. The van der Waals surface area contributed by atoms with Gasteiger partial charge in [-0.25, -0.2) is 4.79 Å². The third-order valence-electron chi connectivity index (χ3n) is 4.15. The van der Waals surface area contributed by atoms with E-state index >= 15 is 0 Å². The number of rotatable bonds is 7. The summed E-state index contributed by atoms with van der Waals surface area (Å²) < 4.78 is 11.0. The molecule has 1 unspecified atom stereocenters. The smallest absolute Gasteiger partial charge is 0.407 e. The second kappa shape index (κ2) is 12.9. The van der Waals surface area contributed by atoms with Crippen molar-refractivity contribution in [1.82, 2.24) is 15.5 Å². The SMILES string of the molecule is CCNC(=NCCOCc1ccccc1)N1CCC(NC(=O)OC(C)(C)C)C1.I. The van der Waals surface area contributed by atoms with Gasteiger partial charge in [-0.2, -0.15) is 0 Å². The van der Waals surface area contributed by atoms with Crippen LogP contribution in [0.15, 0.2) is 35.3 Å². The molecule has 1 fully saturated rings. The van der Waals surface area contributed by atoms with Crippen molar-refractivity contribution in [2.24, 2.45) is 4.99 Å². The van der Waals surface area contributed by atoms with Crippen molar-refractivity contribution >= 4 is 36.0 Å². The van der Waals surface area contributed by atoms with Crippen LogP contribution in [0.4, 0.5) is 4.79 Å². The van der Waals surface area contributed by atoms with Crippen molar-refractivity contribution in [3.8, 4) is 0 Å². The molecule has 0 saturated carbocycles. The standard InChI is InChI=1S/C21H34N4O3.HI/c1-5-22-19(23-12-14-27-16-17-9-7-6-8-10-17)25-13-11-18(15-25)24-20(26)28-21(2,3)4;/h6-10,18H,5,11-16H2,1-4H3,(H,22,23)(H,24,26);1H. The number of carbonyl (C=O) groups is 1. The van der Waals surface area contributed by atoms with Gasteiger partial charge in [0.1, 0.15) is 5.60 Å². The predicted octanol–water partition coefficient (Wildman–Crippen LogP) is 3.39. The topological polar surface area (TPSA) is 75.2 Å². The third-order valence-corrected chi connectivity index (χ3v) is 4.15. The lowest BCUT2D eigenvalue weighted by atomic mass is 10.2. The monoisotopic (exact) mass is 518 g/mol. The Labute approximate surface area is 191 Å². The first kappa shape index (κ1) is 25.5. The van der Waals surface area contributed by atoms with Crippen molar-refractivity contribution < 1.29 is 14.3 Å². The van der Waals surface area contributed by atoms with Gasteiger partial charge >= 0.3 is 6.09 Å². The van der Waals surface area contributed by atoms with Crippen molar-refractivity contribution in [2.45, 2.75) is 52.4 Å². The Morgan fingerprint density at radius 1 is 1.28 bits per heavy atom. The number of aliphatic imine (C=N–C) groups is 1. The van der Waals surface area contributed by atoms with Crippen LogP contribution in [-0.4, -0.2) is 61.4 Å². The second-order valence-electron chi connectivity index (χ2n) is 7.85. The van der Waals surface area contributed by atoms with Gasteiger partial charge in [0.2, 0.25) is 0 Å². The molecule has 29 heavy (non-hydrogen) atoms. The summed E-state index contributed by atoms with van der Waals surface area (Å²) in [4.78, 5) is 18.8. The van der Waals surface area contributed by atoms with Crippen LogP contribution in [0.25, 0.3) is 0 Å². The van der Waals surface area contributed by atoms with Gasteiger partial charge < -0.3 is 25.0 Å². The minimum absolute atomic E-state index is 0. The Kier molecular flexibility index (Phi) is 11.3. The van der Waals surface area contributed by atoms with Crippen LogP contribution >= 0.6 is 24.0 Å². The second-order valence-corrected chi connectivity index (χ2v) is 7.85. The third kappa shape index (κ3) is 10.2. The fourth-order valence-corrected chi connectivity index (χ4v) is 2.95. The molecule has 0 radical (unpaired) electrons. The molecule has 0 spiro atoms. The highest BCUT2D eigenvalue weighted by Crippen LogP contribution is 2.12. The Bertz CT molecular complexity index is 635. The summed E-state index contributed by atoms with van der Waals surface area (Å²) in [6.45, 7) is 11.8. The Balaban J connectivity index is 0.00000420. The van der Waals surface area contributed by atoms with E-state index in [1.807, 2.05) is 45.9 Å². The van der Waals surface area contributed by atoms with E-state index in [9.17, 15) is 4.79 Å². The number of ether oxygens (including phenoxy) is 2. The summed E-state index contributed by atoms with van der Waals surface area (Å²) >= 11 is 0. The van der Waals surface area contributed by atoms with Gasteiger partial charge in [0, 0.05) is 19.6 Å². The lowest BCUT2D eigenvalue weighted by molar-refractivity contribution is 0.0507. The normalized spacial score (nSPS) is 16.9. The molecule has 1 saturated heterocycles. The van der Waals surface area contributed by atoms with E-state index in [0.717, 1.165) is 37.6 Å². The quantitative estimate of drug-likeness (QED) is 0.251. The van der Waals surface area contributed by atoms with Gasteiger partial charge in [-0.3, -0.25) is 4.99 Å². The van der Waals surface area contributed by atoms with E-state index in [1.54, 1.807) is 0 Å². The molecular weight excluding hydrogens is 483 g/mol. The maximum Gasteiger partial charge on any atom is 0.407 e. The van der Waals surface area contributed by atoms with Crippen LogP contribution in [0.2, 0.25) is 0 Å². The van der Waals surface area contributed by atoms with Gasteiger partial charge in [0.05, 0.1) is 25.8 Å². The summed E-state index contributed by atoms with van der Waals surface area (Å²) in [5.41, 5.74) is 0.674. The first-order chi connectivity index (χ1) is 13.4. The van der Waals surface area contributed by atoms with Crippen LogP contribution in [0.1, 0.15) is 39.7 Å². The number of nitrogens with one attached hydrogen (secondary N) is 2. The molecule has 2 rings (SSSR count). The number of amides is 1. The fraction of sp³-hybridized carbons (Fsp3) is 0.619. The molecule has 1 atom stereocenters. The molecule has 1 aliphatic rings. The lowest BCUT2D eigenvalue weighted by Crippen LogP contribution is -2.44. The van der Waals surface area contributed by atoms with Crippen molar-refractivity contribution in [3.63, 3.8) is 0 Å². The molecule has 2 N–H and O–H groups in total. The molecule has 7 nitrogen and oxygen atoms in total. The number of likely N-dealkylation sites (tertiary alicyclic amines) is 1. The van der Waals surface area contributed by atoms with Gasteiger partial charge in [-0.05, 0) is 39.7 Å². The van der Waals surface area contributed by atoms with Crippen LogP contribution in [0.5, 0.6) is 0 Å². The predicted molar refractivity (Wildman–Crippen MR) is 127 cm³/mol. The summed E-state index contributed by atoms with van der Waals surface area (Å²) in [7, 11) is 0. The number of benzene rings is 1. The molecule has 1 heterocycles. The van der Waals surface area contributed by atoms with E-state index in [2.05, 4.69) is 32.7 Å². The van der Waals surface area contributed by atoms with Crippen LogP contribution in [0.3, 0.4) is 0 Å². The van der Waals surface area contributed by atoms with E-state index in [0.29, 0.717) is 19.8 Å². The number of hydrogen-bond donors (Lipinski definition) is 2. The molecule has 1 aromatic rings. The zero-order valence-corrected chi connectivity index (χ0v) is 20.3. The van der Waals surface area contributed by atoms with Crippen LogP contribution in [0, 0.1) is 0 Å². The van der Waals surface area contributed by atoms with Crippen molar-refractivity contribution in [2.75, 3.05) is 32.8 Å². The summed E-state index contributed by atoms with van der Waals surface area (Å²) in [5.74, 6) is 0.860. The number of alkyl carbamates (subject to hydrolysis) is 1. The largest absolute Gasteiger partial charge is 0.444 e. The highest BCUT2D eigenvalue weighted by molar-refractivity contribution is 14.0. The molecular formula is C21H35IN4O3. The van der Waals surface area contributed by atoms with Crippen LogP contribution in [-0.2, 0) is 16.1 Å². The molecule has 1 aromatic carbocycles. The zero-order valence-electron chi connectivity index (χ0n) is 17.9. The molecule has 1 aliphatic heterocycles. The number of guanidine groups is 1. The van der Waals surface area contributed by atoms with E-state index in [1.165, 1.54) is 0 Å². The minimum atomic E-state index is -0.488. The lowest BCUT2D eigenvalue weighted by Gasteiger charge is -2.23. The van der Waals surface area contributed by atoms with Gasteiger partial charge in [-0.15, -0.1) is 24.0 Å². The fourth-order valence-electron chi connectivity index (χ4n) is 2.95. The minimum Gasteiger partial charge on any atom is -0.444 e. The van der Waals surface area contributed by atoms with E-state index < -0.39 is 5.60 Å². The summed E-state index contributed by atoms with van der Waals surface area (Å²) in [5, 5.41) is 6.27. The highest BCUT2D eigenvalue weighted by Gasteiger charge is 2.27. The van der Waals surface area contributed by atoms with Gasteiger partial charge in [0.25, 0.3) is 0 Å². The number of hydrogen-bond acceptors (Lipinski definition) is 4. The Morgan fingerprint density at radius 3 is 2.66 bits per heavy atom. The van der Waals surface area contributed by atoms with Crippen LogP contribution < -0.4 is 10.6 Å². The molecule has 164 valence electrons. The number of nitrogens with zero attached hydrogens (tertiary/aromatic N) is 2. The first-order valence-electron chi connectivity index (χ1n) is 10.0. The number of carbonyl (C=O) groups excluding carboxylic acids is 1. The molecule has 1 amide bonds. The van der Waals surface area contributed by atoms with Crippen molar-refractivity contribution in [3.05, 3.63) is 35.9 Å².